The molecule has 3 aromatic carbocycles. The van der Waals surface area contributed by atoms with E-state index in [9.17, 15) is 13.2 Å². The fraction of sp³-hybridized carbons (Fsp3) is 0.105. The van der Waals surface area contributed by atoms with E-state index in [2.05, 4.69) is 0 Å². The van der Waals surface area contributed by atoms with Crippen molar-refractivity contribution >= 4 is 26.6 Å². The fourth-order valence-corrected chi connectivity index (χ4v) is 3.92. The minimum Gasteiger partial charge on any atom is -0.425 e. The number of rotatable bonds is 3. The summed E-state index contributed by atoms with van der Waals surface area (Å²) in [6.07, 6.45) is 0. The number of benzene rings is 3. The monoisotopic (exact) mass is 340 g/mol. The summed E-state index contributed by atoms with van der Waals surface area (Å²) >= 11 is 0. The second kappa shape index (κ2) is 6.09. The SMILES string of the molecule is CC(=O)Oc1c(S(=O)(=O)c2ccc(C)cc2)ccc2ccccc12. The molecule has 0 saturated carbocycles. The van der Waals surface area contributed by atoms with Gasteiger partial charge in [0.25, 0.3) is 0 Å². The molecule has 0 fully saturated rings. The molecule has 0 spiro atoms. The van der Waals surface area contributed by atoms with Gasteiger partial charge < -0.3 is 4.74 Å². The summed E-state index contributed by atoms with van der Waals surface area (Å²) in [4.78, 5) is 11.7. The second-order valence-electron chi connectivity index (χ2n) is 5.52. The van der Waals surface area contributed by atoms with Crippen molar-refractivity contribution in [3.63, 3.8) is 0 Å². The van der Waals surface area contributed by atoms with Crippen molar-refractivity contribution in [3.8, 4) is 5.75 Å². The number of hydrogen-bond donors (Lipinski definition) is 0. The third-order valence-corrected chi connectivity index (χ3v) is 5.50. The van der Waals surface area contributed by atoms with E-state index < -0.39 is 15.8 Å². The Balaban J connectivity index is 2.28. The molecule has 4 nitrogen and oxygen atoms in total. The maximum Gasteiger partial charge on any atom is 0.308 e. The van der Waals surface area contributed by atoms with Crippen LogP contribution in [0.5, 0.6) is 5.75 Å². The molecule has 0 saturated heterocycles. The molecule has 0 heterocycles. The van der Waals surface area contributed by atoms with Gasteiger partial charge in [0.15, 0.2) is 5.75 Å². The summed E-state index contributed by atoms with van der Waals surface area (Å²) in [6, 6.07) is 17.0. The number of fused-ring (bicyclic) bond motifs is 1. The highest BCUT2D eigenvalue weighted by Crippen LogP contribution is 2.36. The highest BCUT2D eigenvalue weighted by atomic mass is 32.2. The van der Waals surface area contributed by atoms with Gasteiger partial charge in [-0.15, -0.1) is 0 Å². The standard InChI is InChI=1S/C19H16O4S/c1-13-7-10-16(11-8-13)24(21,22)18-12-9-15-5-3-4-6-17(15)19(18)23-14(2)20/h3-12H,1-2H3. The molecule has 0 aliphatic rings. The lowest BCUT2D eigenvalue weighted by Gasteiger charge is -2.13. The van der Waals surface area contributed by atoms with Crippen LogP contribution in [-0.4, -0.2) is 14.4 Å². The van der Waals surface area contributed by atoms with Gasteiger partial charge in [-0.05, 0) is 30.5 Å². The minimum absolute atomic E-state index is 0.0137. The molecule has 0 bridgehead atoms. The topological polar surface area (TPSA) is 60.4 Å². The molecule has 0 aliphatic carbocycles. The van der Waals surface area contributed by atoms with Gasteiger partial charge in [0, 0.05) is 12.3 Å². The van der Waals surface area contributed by atoms with Gasteiger partial charge in [-0.1, -0.05) is 48.0 Å². The van der Waals surface area contributed by atoms with Gasteiger partial charge in [0.1, 0.15) is 4.90 Å². The molecule has 3 rings (SSSR count). The van der Waals surface area contributed by atoms with Crippen molar-refractivity contribution in [1.82, 2.24) is 0 Å². The van der Waals surface area contributed by atoms with E-state index in [1.165, 1.54) is 13.0 Å². The number of hydrogen-bond acceptors (Lipinski definition) is 4. The largest absolute Gasteiger partial charge is 0.425 e. The van der Waals surface area contributed by atoms with Crippen LogP contribution in [-0.2, 0) is 14.6 Å². The van der Waals surface area contributed by atoms with Crippen molar-refractivity contribution in [2.24, 2.45) is 0 Å². The minimum atomic E-state index is -3.80. The zero-order valence-electron chi connectivity index (χ0n) is 13.3. The predicted octanol–water partition coefficient (Wildman–Crippen LogP) is 3.91. The fourth-order valence-electron chi connectivity index (χ4n) is 2.53. The number of aryl methyl sites for hydroxylation is 1. The number of carbonyl (C=O) groups is 1. The zero-order valence-corrected chi connectivity index (χ0v) is 14.1. The van der Waals surface area contributed by atoms with Crippen LogP contribution >= 0.6 is 0 Å². The Kier molecular flexibility index (Phi) is 4.11. The Bertz CT molecular complexity index is 1020. The van der Waals surface area contributed by atoms with Crippen LogP contribution < -0.4 is 4.74 Å². The Morgan fingerprint density at radius 2 is 1.58 bits per heavy atom. The normalized spacial score (nSPS) is 11.4. The van der Waals surface area contributed by atoms with Crippen molar-refractivity contribution in [1.29, 1.82) is 0 Å². The zero-order chi connectivity index (χ0) is 17.3. The van der Waals surface area contributed by atoms with E-state index in [-0.39, 0.29) is 15.5 Å². The van der Waals surface area contributed by atoms with E-state index in [1.807, 2.05) is 19.1 Å². The van der Waals surface area contributed by atoms with Crippen LogP contribution in [0.25, 0.3) is 10.8 Å². The van der Waals surface area contributed by atoms with Gasteiger partial charge in [-0.3, -0.25) is 4.79 Å². The van der Waals surface area contributed by atoms with E-state index in [4.69, 9.17) is 4.74 Å². The molecule has 24 heavy (non-hydrogen) atoms. The quantitative estimate of drug-likeness (QED) is 0.536. The predicted molar refractivity (Wildman–Crippen MR) is 91.9 cm³/mol. The van der Waals surface area contributed by atoms with Crippen LogP contribution in [0.4, 0.5) is 0 Å². The van der Waals surface area contributed by atoms with E-state index >= 15 is 0 Å². The van der Waals surface area contributed by atoms with Crippen LogP contribution in [0.15, 0.2) is 70.5 Å². The highest BCUT2D eigenvalue weighted by Gasteiger charge is 2.24. The first kappa shape index (κ1) is 16.2. The van der Waals surface area contributed by atoms with E-state index in [0.717, 1.165) is 10.9 Å². The molecular weight excluding hydrogens is 324 g/mol. The number of esters is 1. The smallest absolute Gasteiger partial charge is 0.308 e. The van der Waals surface area contributed by atoms with Crippen LogP contribution in [0.3, 0.4) is 0 Å². The van der Waals surface area contributed by atoms with Crippen molar-refractivity contribution in [2.45, 2.75) is 23.6 Å². The van der Waals surface area contributed by atoms with Gasteiger partial charge in [0.2, 0.25) is 9.84 Å². The molecule has 0 atom stereocenters. The van der Waals surface area contributed by atoms with Crippen LogP contribution in [0.2, 0.25) is 0 Å². The summed E-state index contributed by atoms with van der Waals surface area (Å²) in [5, 5.41) is 1.39. The third-order valence-electron chi connectivity index (χ3n) is 3.71. The third kappa shape index (κ3) is 2.90. The first-order valence-electron chi connectivity index (χ1n) is 7.41. The van der Waals surface area contributed by atoms with Gasteiger partial charge in [-0.2, -0.15) is 0 Å². The van der Waals surface area contributed by atoms with Crippen LogP contribution in [0, 0.1) is 6.92 Å². The average Bonchev–Trinajstić information content (AvgIpc) is 2.55. The van der Waals surface area contributed by atoms with Crippen molar-refractivity contribution < 1.29 is 17.9 Å². The molecule has 0 radical (unpaired) electrons. The first-order valence-corrected chi connectivity index (χ1v) is 8.90. The number of ether oxygens (including phenoxy) is 1. The van der Waals surface area contributed by atoms with E-state index in [1.54, 1.807) is 42.5 Å². The molecule has 5 heteroatoms. The number of sulfone groups is 1. The summed E-state index contributed by atoms with van der Waals surface area (Å²) in [5.41, 5.74) is 0.965. The molecule has 122 valence electrons. The summed E-state index contributed by atoms with van der Waals surface area (Å²) < 4.78 is 31.3. The average molecular weight is 340 g/mol. The second-order valence-corrected chi connectivity index (χ2v) is 7.44. The maximum absolute atomic E-state index is 13.0. The molecule has 0 unspecified atom stereocenters. The Morgan fingerprint density at radius 1 is 0.917 bits per heavy atom. The Labute approximate surface area is 140 Å². The van der Waals surface area contributed by atoms with Gasteiger partial charge >= 0.3 is 5.97 Å². The maximum atomic E-state index is 13.0. The Hall–Kier alpha value is -2.66. The lowest BCUT2D eigenvalue weighted by molar-refractivity contribution is -0.131. The van der Waals surface area contributed by atoms with Crippen LogP contribution in [0.1, 0.15) is 12.5 Å². The summed E-state index contributed by atoms with van der Waals surface area (Å²) in [5.74, 6) is -0.493. The highest BCUT2D eigenvalue weighted by molar-refractivity contribution is 7.91. The first-order chi connectivity index (χ1) is 11.4. The number of carbonyl (C=O) groups excluding carboxylic acids is 1. The lowest BCUT2D eigenvalue weighted by atomic mass is 10.1. The van der Waals surface area contributed by atoms with Crippen molar-refractivity contribution in [2.75, 3.05) is 0 Å². The van der Waals surface area contributed by atoms with Gasteiger partial charge in [-0.25, -0.2) is 8.42 Å². The van der Waals surface area contributed by atoms with E-state index in [0.29, 0.717) is 5.39 Å². The molecule has 0 N–H and O–H groups in total. The molecule has 0 aromatic heterocycles. The molecule has 0 amide bonds. The van der Waals surface area contributed by atoms with Crippen molar-refractivity contribution in [3.05, 3.63) is 66.2 Å². The van der Waals surface area contributed by atoms with Gasteiger partial charge in [0.05, 0.1) is 4.90 Å². The summed E-state index contributed by atoms with van der Waals surface area (Å²) in [7, 11) is -3.80. The Morgan fingerprint density at radius 3 is 2.25 bits per heavy atom. The molecule has 3 aromatic rings. The molecule has 0 aliphatic heterocycles. The lowest BCUT2D eigenvalue weighted by Crippen LogP contribution is -2.09. The molecular formula is C19H16O4S. The summed E-state index contributed by atoms with van der Waals surface area (Å²) in [6.45, 7) is 3.14.